The van der Waals surface area contributed by atoms with Crippen molar-refractivity contribution in [2.24, 2.45) is 5.41 Å². The van der Waals surface area contributed by atoms with E-state index in [0.717, 1.165) is 50.1 Å². The molecule has 0 N–H and O–H groups in total. The molecule has 0 radical (unpaired) electrons. The zero-order chi connectivity index (χ0) is 51.7. The van der Waals surface area contributed by atoms with Crippen molar-refractivity contribution in [1.82, 2.24) is 9.55 Å². The van der Waals surface area contributed by atoms with E-state index in [1.54, 1.807) is 0 Å². The molecule has 0 amide bonds. The molecular formula is C68H69N4OPt-3. The molecule has 9 aromatic rings. The Balaban J connectivity index is 0.00000672. The third kappa shape index (κ3) is 10.1. The van der Waals surface area contributed by atoms with Crippen molar-refractivity contribution in [1.29, 1.82) is 0 Å². The Labute approximate surface area is 455 Å². The quantitative estimate of drug-likeness (QED) is 0.128. The minimum atomic E-state index is -0.267. The molecule has 10 rings (SSSR count). The zero-order valence-corrected chi connectivity index (χ0v) is 47.6. The number of benzene rings is 7. The second kappa shape index (κ2) is 19.5. The molecular weight excluding hydrogens is 1080 g/mol. The van der Waals surface area contributed by atoms with E-state index in [1.807, 2.05) is 12.3 Å². The van der Waals surface area contributed by atoms with Crippen LogP contribution in [0.3, 0.4) is 0 Å². The number of rotatable bonds is 10. The topological polar surface area (TPSA) is 33.5 Å². The Morgan fingerprint density at radius 1 is 0.473 bits per heavy atom. The summed E-state index contributed by atoms with van der Waals surface area (Å²) in [6, 6.07) is 66.6. The minimum Gasteiger partial charge on any atom is -0.509 e. The summed E-state index contributed by atoms with van der Waals surface area (Å²) in [7, 11) is 0. The summed E-state index contributed by atoms with van der Waals surface area (Å²) in [5, 5.41) is 2.21. The fourth-order valence-electron chi connectivity index (χ4n) is 10.1. The number of allylic oxidation sites excluding steroid dienone is 1. The summed E-state index contributed by atoms with van der Waals surface area (Å²) in [5.41, 5.74) is 13.9. The van der Waals surface area contributed by atoms with Crippen LogP contribution in [0, 0.1) is 24.2 Å². The molecule has 0 spiro atoms. The number of aromatic nitrogens is 2. The van der Waals surface area contributed by atoms with E-state index in [0.29, 0.717) is 11.5 Å². The van der Waals surface area contributed by atoms with E-state index in [9.17, 15) is 0 Å². The molecule has 1 aliphatic heterocycles. The van der Waals surface area contributed by atoms with Crippen LogP contribution in [0.2, 0.25) is 0 Å². The molecule has 2 aromatic heterocycles. The largest absolute Gasteiger partial charge is 0.509 e. The third-order valence-electron chi connectivity index (χ3n) is 15.0. The van der Waals surface area contributed by atoms with E-state index in [1.165, 1.54) is 39.1 Å². The zero-order valence-electron chi connectivity index (χ0n) is 45.3. The van der Waals surface area contributed by atoms with Crippen LogP contribution in [0.25, 0.3) is 38.8 Å². The first-order valence-electron chi connectivity index (χ1n) is 25.8. The van der Waals surface area contributed by atoms with Gasteiger partial charge in [0.1, 0.15) is 5.82 Å². The number of nitrogens with zero attached hydrogens (tertiary/aromatic N) is 4. The van der Waals surface area contributed by atoms with Crippen LogP contribution in [0.1, 0.15) is 123 Å². The number of pyridine rings is 1. The molecule has 1 aliphatic rings. The molecule has 7 aromatic carbocycles. The summed E-state index contributed by atoms with van der Waals surface area (Å²) >= 11 is 0. The van der Waals surface area contributed by atoms with E-state index in [-0.39, 0.29) is 48.1 Å². The van der Waals surface area contributed by atoms with Crippen molar-refractivity contribution in [3.63, 3.8) is 0 Å². The van der Waals surface area contributed by atoms with Gasteiger partial charge in [0.05, 0.1) is 0 Å². The standard InChI is InChI=1S/C68H69N4O.Pt/c1-64(2,3)50-33-34-69-63(41-50)72-60-32-29-47(46-23-17-14-18-24-46)35-59(60)58-31-30-56(43-61(58)72)73-57-40-51(65(4,5)6)37-54(42-57)70-44-62(66(7,8)9)71(45-70)55-38-52(67(10,11)48-25-19-15-20-26-48)36-53(39-55)68(12,13)49-27-21-16-22-28-49;/h14-41,44-45H,1-13H3;/q-3;. The summed E-state index contributed by atoms with van der Waals surface area (Å²) in [6.07, 6.45) is 4.20. The van der Waals surface area contributed by atoms with E-state index >= 15 is 0 Å². The van der Waals surface area contributed by atoms with Gasteiger partial charge in [0.15, 0.2) is 0 Å². The average molecular weight is 1150 g/mol. The van der Waals surface area contributed by atoms with Crippen molar-refractivity contribution in [2.45, 2.75) is 112 Å². The van der Waals surface area contributed by atoms with Gasteiger partial charge in [-0.15, -0.1) is 53.6 Å². The first kappa shape index (κ1) is 52.2. The fraction of sp³-hybridized carbons (Fsp3) is 0.265. The van der Waals surface area contributed by atoms with Gasteiger partial charge in [0, 0.05) is 71.9 Å². The van der Waals surface area contributed by atoms with Crippen molar-refractivity contribution in [2.75, 3.05) is 9.80 Å². The van der Waals surface area contributed by atoms with Crippen LogP contribution >= 0.6 is 0 Å². The van der Waals surface area contributed by atoms with Gasteiger partial charge >= 0.3 is 0 Å². The molecule has 0 saturated carbocycles. The molecule has 3 heterocycles. The molecule has 74 heavy (non-hydrogen) atoms. The number of hydrogen-bond acceptors (Lipinski definition) is 4. The van der Waals surface area contributed by atoms with Crippen LogP contribution in [0.4, 0.5) is 11.4 Å². The Bertz CT molecular complexity index is 3440. The molecule has 5 nitrogen and oxygen atoms in total. The maximum atomic E-state index is 6.96. The van der Waals surface area contributed by atoms with Crippen molar-refractivity contribution < 1.29 is 25.8 Å². The fourth-order valence-corrected chi connectivity index (χ4v) is 10.1. The number of anilines is 2. The number of fused-ring (bicyclic) bond motifs is 3. The van der Waals surface area contributed by atoms with Crippen LogP contribution in [0.15, 0.2) is 182 Å². The monoisotopic (exact) mass is 1150 g/mol. The van der Waals surface area contributed by atoms with Crippen molar-refractivity contribution in [3.8, 4) is 28.4 Å². The Morgan fingerprint density at radius 2 is 1.07 bits per heavy atom. The molecule has 0 atom stereocenters. The summed E-state index contributed by atoms with van der Waals surface area (Å²) in [6.45, 7) is 32.0. The normalized spacial score (nSPS) is 13.6. The van der Waals surface area contributed by atoms with E-state index in [2.05, 4.69) is 287 Å². The van der Waals surface area contributed by atoms with Gasteiger partial charge in [-0.25, -0.2) is 4.98 Å². The smallest absolute Gasteiger partial charge is 0.135 e. The van der Waals surface area contributed by atoms with Crippen LogP contribution in [-0.2, 0) is 42.7 Å². The molecule has 0 unspecified atom stereocenters. The second-order valence-electron chi connectivity index (χ2n) is 24.0. The SMILES string of the molecule is CC(C)(C)C1=CN(c2[c-]c(Oc3[c-]c4c(cc3)c3cc(-c5ccccc5)ccc3n4-c3cc(C(C)(C)C)ccn3)cc(C(C)(C)C)c2)[CH-]N1c1cc(C(C)(C)c2ccccc2)cc(C(C)(C)c2ccccc2)c1.[Pt]. The Morgan fingerprint density at radius 3 is 1.65 bits per heavy atom. The summed E-state index contributed by atoms with van der Waals surface area (Å²) < 4.78 is 9.19. The van der Waals surface area contributed by atoms with Gasteiger partial charge in [-0.3, -0.25) is 0 Å². The first-order chi connectivity index (χ1) is 34.6. The second-order valence-corrected chi connectivity index (χ2v) is 24.0. The van der Waals surface area contributed by atoms with Crippen LogP contribution in [-0.4, -0.2) is 9.55 Å². The predicted molar refractivity (Wildman–Crippen MR) is 306 cm³/mol. The summed E-state index contributed by atoms with van der Waals surface area (Å²) in [4.78, 5) is 9.59. The molecule has 0 saturated heterocycles. The van der Waals surface area contributed by atoms with Gasteiger partial charge in [-0.05, 0) is 91.7 Å². The minimum absolute atomic E-state index is 0. The van der Waals surface area contributed by atoms with Crippen LogP contribution < -0.4 is 14.5 Å². The number of ether oxygens (including phenoxy) is 1. The van der Waals surface area contributed by atoms with Gasteiger partial charge in [-0.2, -0.15) is 6.07 Å². The molecule has 0 aliphatic carbocycles. The first-order valence-corrected chi connectivity index (χ1v) is 25.8. The molecule has 380 valence electrons. The van der Waals surface area contributed by atoms with E-state index < -0.39 is 0 Å². The average Bonchev–Trinajstić information content (AvgIpc) is 3.97. The van der Waals surface area contributed by atoms with Gasteiger partial charge in [-0.1, -0.05) is 205 Å². The Kier molecular flexibility index (Phi) is 13.8. The van der Waals surface area contributed by atoms with E-state index in [4.69, 9.17) is 9.72 Å². The molecule has 0 fully saturated rings. The maximum Gasteiger partial charge on any atom is 0.135 e. The van der Waals surface area contributed by atoms with Gasteiger partial charge < -0.3 is 19.1 Å². The third-order valence-corrected chi connectivity index (χ3v) is 15.0. The molecule has 6 heteroatoms. The predicted octanol–water partition coefficient (Wildman–Crippen LogP) is 17.8. The number of hydrogen-bond donors (Lipinski definition) is 0. The van der Waals surface area contributed by atoms with Crippen molar-refractivity contribution in [3.05, 3.63) is 234 Å². The molecule has 0 bridgehead atoms. The maximum absolute atomic E-state index is 6.96. The van der Waals surface area contributed by atoms with Crippen molar-refractivity contribution >= 4 is 33.2 Å². The van der Waals surface area contributed by atoms with Gasteiger partial charge in [0.25, 0.3) is 0 Å². The summed E-state index contributed by atoms with van der Waals surface area (Å²) in [5.74, 6) is 2.07. The Hall–Kier alpha value is -6.68. The van der Waals surface area contributed by atoms with Gasteiger partial charge in [0.2, 0.25) is 0 Å². The van der Waals surface area contributed by atoms with Crippen LogP contribution in [0.5, 0.6) is 11.5 Å².